The summed E-state index contributed by atoms with van der Waals surface area (Å²) in [5.74, 6) is -0.115. The fourth-order valence-corrected chi connectivity index (χ4v) is 3.06. The molecule has 2 heterocycles. The lowest BCUT2D eigenvalue weighted by molar-refractivity contribution is 0.0691. The van der Waals surface area contributed by atoms with Crippen LogP contribution in [0.15, 0.2) is 54.9 Å². The van der Waals surface area contributed by atoms with Crippen molar-refractivity contribution in [3.05, 3.63) is 60.6 Å². The maximum absolute atomic E-state index is 11.4. The quantitative estimate of drug-likeness (QED) is 0.624. The number of hydrogen-bond acceptors (Lipinski definition) is 3. The van der Waals surface area contributed by atoms with Crippen molar-refractivity contribution in [3.8, 4) is 22.5 Å². The Bertz CT molecular complexity index is 1090. The van der Waals surface area contributed by atoms with Gasteiger partial charge in [0.1, 0.15) is 5.82 Å². The van der Waals surface area contributed by atoms with Crippen molar-refractivity contribution >= 4 is 16.9 Å². The summed E-state index contributed by atoms with van der Waals surface area (Å²) >= 11 is 0. The molecular weight excluding hydrogens is 316 g/mol. The lowest BCUT2D eigenvalue weighted by Gasteiger charge is -2.06. The highest BCUT2D eigenvalue weighted by Gasteiger charge is 2.15. The molecule has 0 amide bonds. The van der Waals surface area contributed by atoms with Crippen LogP contribution in [0, 0.1) is 0 Å². The highest BCUT2D eigenvalue weighted by molar-refractivity contribution is 6.02. The van der Waals surface area contributed by atoms with E-state index in [0.29, 0.717) is 5.39 Å². The fourth-order valence-electron chi connectivity index (χ4n) is 3.06. The van der Waals surface area contributed by atoms with Crippen LogP contribution in [0.25, 0.3) is 33.4 Å². The third kappa shape index (κ3) is 2.48. The second-order valence-corrected chi connectivity index (χ2v) is 5.95. The first-order valence-corrected chi connectivity index (χ1v) is 7.83. The maximum Gasteiger partial charge on any atom is 0.357 e. The Labute approximate surface area is 144 Å². The molecule has 2 aromatic carbocycles. The number of fused-ring (bicyclic) bond motifs is 1. The number of carboxylic acids is 1. The molecule has 0 saturated carbocycles. The third-order valence-electron chi connectivity index (χ3n) is 4.35. The van der Waals surface area contributed by atoms with Crippen molar-refractivity contribution < 1.29 is 9.90 Å². The number of rotatable bonds is 3. The first-order chi connectivity index (χ1) is 12.0. The van der Waals surface area contributed by atoms with E-state index in [1.165, 1.54) is 0 Å². The summed E-state index contributed by atoms with van der Waals surface area (Å²) in [6.07, 6.45) is 3.68. The number of hydrogen-bond donors (Lipinski definition) is 1. The van der Waals surface area contributed by atoms with Crippen LogP contribution in [0.3, 0.4) is 0 Å². The molecule has 6 heteroatoms. The maximum atomic E-state index is 11.4. The predicted octanol–water partition coefficient (Wildman–Crippen LogP) is 3.34. The Morgan fingerprint density at radius 2 is 1.68 bits per heavy atom. The second-order valence-electron chi connectivity index (χ2n) is 5.95. The van der Waals surface area contributed by atoms with Crippen molar-refractivity contribution in [3.63, 3.8) is 0 Å². The summed E-state index contributed by atoms with van der Waals surface area (Å²) in [4.78, 5) is 15.7. The third-order valence-corrected chi connectivity index (χ3v) is 4.35. The van der Waals surface area contributed by atoms with Crippen LogP contribution in [0.2, 0.25) is 0 Å². The SMILES string of the molecule is Cn1ccnc1-c1ccc(-c2ccc3c(c2)c(C(=O)O)nn3C)cc1. The van der Waals surface area contributed by atoms with Crippen LogP contribution in [-0.4, -0.2) is 30.4 Å². The normalized spacial score (nSPS) is 11.1. The minimum Gasteiger partial charge on any atom is -0.476 e. The van der Waals surface area contributed by atoms with Crippen LogP contribution < -0.4 is 0 Å². The molecule has 0 radical (unpaired) electrons. The summed E-state index contributed by atoms with van der Waals surface area (Å²) in [5, 5.41) is 14.1. The van der Waals surface area contributed by atoms with Crippen LogP contribution >= 0.6 is 0 Å². The van der Waals surface area contributed by atoms with Gasteiger partial charge in [-0.15, -0.1) is 0 Å². The van der Waals surface area contributed by atoms with Crippen LogP contribution in [0.4, 0.5) is 0 Å². The molecule has 0 aliphatic heterocycles. The average Bonchev–Trinajstić information content (AvgIpc) is 3.18. The number of imidazole rings is 1. The molecule has 0 unspecified atom stereocenters. The number of benzene rings is 2. The molecule has 0 fully saturated rings. The van der Waals surface area contributed by atoms with Gasteiger partial charge in [-0.05, 0) is 23.3 Å². The van der Waals surface area contributed by atoms with Crippen molar-refractivity contribution in [1.29, 1.82) is 0 Å². The molecule has 25 heavy (non-hydrogen) atoms. The summed E-state index contributed by atoms with van der Waals surface area (Å²) in [6, 6.07) is 13.8. The van der Waals surface area contributed by atoms with Crippen molar-refractivity contribution in [1.82, 2.24) is 19.3 Å². The van der Waals surface area contributed by atoms with Crippen LogP contribution in [0.5, 0.6) is 0 Å². The van der Waals surface area contributed by atoms with Crippen molar-refractivity contribution in [2.45, 2.75) is 0 Å². The second kappa shape index (κ2) is 5.59. The molecule has 6 nitrogen and oxygen atoms in total. The van der Waals surface area contributed by atoms with Gasteiger partial charge in [-0.25, -0.2) is 9.78 Å². The Morgan fingerprint density at radius 1 is 1.00 bits per heavy atom. The lowest BCUT2D eigenvalue weighted by Crippen LogP contribution is -1.99. The zero-order chi connectivity index (χ0) is 17.6. The van der Waals surface area contributed by atoms with Gasteiger partial charge in [-0.1, -0.05) is 30.3 Å². The largest absolute Gasteiger partial charge is 0.476 e. The zero-order valence-corrected chi connectivity index (χ0v) is 13.8. The first kappa shape index (κ1) is 15.1. The molecule has 1 N–H and O–H groups in total. The van der Waals surface area contributed by atoms with Crippen molar-refractivity contribution in [2.24, 2.45) is 14.1 Å². The van der Waals surface area contributed by atoms with Gasteiger partial charge < -0.3 is 9.67 Å². The topological polar surface area (TPSA) is 72.9 Å². The molecule has 0 aliphatic rings. The van der Waals surface area contributed by atoms with E-state index < -0.39 is 5.97 Å². The van der Waals surface area contributed by atoms with E-state index in [4.69, 9.17) is 0 Å². The summed E-state index contributed by atoms with van der Waals surface area (Å²) in [5.41, 5.74) is 3.87. The van der Waals surface area contributed by atoms with Gasteiger partial charge in [0, 0.05) is 37.4 Å². The zero-order valence-electron chi connectivity index (χ0n) is 13.8. The number of aryl methyl sites for hydroxylation is 2. The first-order valence-electron chi connectivity index (χ1n) is 7.83. The van der Waals surface area contributed by atoms with Gasteiger partial charge in [-0.3, -0.25) is 4.68 Å². The molecule has 2 aromatic heterocycles. The van der Waals surface area contributed by atoms with Gasteiger partial charge in [0.05, 0.1) is 5.52 Å². The van der Waals surface area contributed by atoms with Gasteiger partial charge in [0.2, 0.25) is 0 Å². The molecule has 0 aliphatic carbocycles. The molecular formula is C19H16N4O2. The molecule has 0 spiro atoms. The minimum atomic E-state index is -1.02. The highest BCUT2D eigenvalue weighted by atomic mass is 16.4. The predicted molar refractivity (Wildman–Crippen MR) is 95.3 cm³/mol. The minimum absolute atomic E-state index is 0.0731. The Morgan fingerprint density at radius 3 is 2.32 bits per heavy atom. The van der Waals surface area contributed by atoms with E-state index in [1.807, 2.05) is 60.3 Å². The standard InChI is InChI=1S/C19H16N4O2/c1-22-10-9-20-18(22)13-5-3-12(4-6-13)14-7-8-16-15(11-14)17(19(24)25)21-23(16)2/h3-11H,1-2H3,(H,24,25). The molecule has 0 saturated heterocycles. The number of nitrogens with zero attached hydrogens (tertiary/aromatic N) is 4. The number of aromatic nitrogens is 4. The number of aromatic carboxylic acids is 1. The van der Waals surface area contributed by atoms with E-state index in [-0.39, 0.29) is 5.69 Å². The van der Waals surface area contributed by atoms with Gasteiger partial charge >= 0.3 is 5.97 Å². The summed E-state index contributed by atoms with van der Waals surface area (Å²) < 4.78 is 3.56. The summed E-state index contributed by atoms with van der Waals surface area (Å²) in [7, 11) is 3.70. The van der Waals surface area contributed by atoms with Crippen LogP contribution in [0.1, 0.15) is 10.5 Å². The lowest BCUT2D eigenvalue weighted by atomic mass is 10.0. The molecule has 124 valence electrons. The fraction of sp³-hybridized carbons (Fsp3) is 0.105. The van der Waals surface area contributed by atoms with Crippen molar-refractivity contribution in [2.75, 3.05) is 0 Å². The number of carbonyl (C=O) groups is 1. The van der Waals surface area contributed by atoms with E-state index in [9.17, 15) is 9.90 Å². The summed E-state index contributed by atoms with van der Waals surface area (Å²) in [6.45, 7) is 0. The Hall–Kier alpha value is -3.41. The number of carboxylic acid groups (broad SMARTS) is 1. The monoisotopic (exact) mass is 332 g/mol. The van der Waals surface area contributed by atoms with E-state index in [2.05, 4.69) is 10.1 Å². The Kier molecular flexibility index (Phi) is 3.39. The Balaban J connectivity index is 1.78. The van der Waals surface area contributed by atoms with Gasteiger partial charge in [-0.2, -0.15) is 5.10 Å². The van der Waals surface area contributed by atoms with E-state index in [1.54, 1.807) is 17.9 Å². The smallest absolute Gasteiger partial charge is 0.357 e. The van der Waals surface area contributed by atoms with Gasteiger partial charge in [0.25, 0.3) is 0 Å². The van der Waals surface area contributed by atoms with Crippen LogP contribution in [-0.2, 0) is 14.1 Å². The highest BCUT2D eigenvalue weighted by Crippen LogP contribution is 2.28. The molecule has 4 rings (SSSR count). The molecule has 0 bridgehead atoms. The van der Waals surface area contributed by atoms with E-state index in [0.717, 1.165) is 28.0 Å². The molecule has 4 aromatic rings. The van der Waals surface area contributed by atoms with Gasteiger partial charge in [0.15, 0.2) is 5.69 Å². The van der Waals surface area contributed by atoms with E-state index >= 15 is 0 Å². The average molecular weight is 332 g/mol. The molecule has 0 atom stereocenters.